The number of nitrogens with one attached hydrogen (secondary N) is 4. The number of piperazine rings is 2. The summed E-state index contributed by atoms with van der Waals surface area (Å²) in [4.78, 5) is 98.1. The van der Waals surface area contributed by atoms with Crippen LogP contribution < -0.4 is 36.3 Å². The van der Waals surface area contributed by atoms with E-state index in [0.717, 1.165) is 65.0 Å². The van der Waals surface area contributed by atoms with Crippen LogP contribution in [0.25, 0.3) is 21.7 Å². The Hall–Kier alpha value is -9.03. The molecule has 0 spiro atoms. The fourth-order valence-corrected chi connectivity index (χ4v) is 20.9. The first kappa shape index (κ1) is 122. The van der Waals surface area contributed by atoms with Gasteiger partial charge in [0.1, 0.15) is 64.4 Å². The molecule has 832 valence electrons. The number of amides is 1. The van der Waals surface area contributed by atoms with Gasteiger partial charge in [-0.1, -0.05) is 87.5 Å². The maximum atomic E-state index is 14.6. The Kier molecular flexibility index (Phi) is 43.9. The minimum atomic E-state index is -2.04. The van der Waals surface area contributed by atoms with Crippen LogP contribution in [0.3, 0.4) is 0 Å². The number of nitrogens with zero attached hydrogens (tertiary/aromatic N) is 6. The van der Waals surface area contributed by atoms with Crippen molar-refractivity contribution in [3.8, 4) is 23.0 Å². The van der Waals surface area contributed by atoms with Gasteiger partial charge in [0.15, 0.2) is 18.3 Å². The van der Waals surface area contributed by atoms with E-state index in [9.17, 15) is 94.1 Å². The zero-order valence-electron chi connectivity index (χ0n) is 90.7. The van der Waals surface area contributed by atoms with Crippen molar-refractivity contribution in [2.24, 2.45) is 52.4 Å². The number of hydrazone groups is 1. The number of phenols is 3. The third kappa shape index (κ3) is 28.7. The normalized spacial score (nSPS) is 34.3. The number of methoxy groups -OCH3 is 2. The summed E-state index contributed by atoms with van der Waals surface area (Å²) in [6, 6.07) is 3.15. The predicted octanol–water partition coefficient (Wildman–Crippen LogP) is 7.41. The molecule has 1 aliphatic carbocycles. The number of carboxylic acids is 1. The van der Waals surface area contributed by atoms with E-state index in [1.807, 2.05) is 56.3 Å². The second-order valence-electron chi connectivity index (χ2n) is 42.4. The number of carbonyl (C=O) groups excluding carboxylic acids is 5. The van der Waals surface area contributed by atoms with E-state index in [-0.39, 0.29) is 118 Å². The SMILES string of the molecule is CC[C@@H](CO)NCCN[C@@H](CC)CO.CC[C@H]1OC(=O)[C@H](C)[C@@H](OC2CC(C)(OC)C(O)C(C)O2)[C@H](C)[C@@H](OC2OC(C)CC(N(C)C)C2O)[C@](C)(O)C[C@@H](C)C(=O)[C@H](C)[C@@H](O)[C@]1(C)O.CO[C@H]1/C=C/O[C@@]2(C)Oc3c(C)c(O)c4c(O)c(c(/C=N\N5CCN(C)CC5)c(O)c4c3C2=O)NC(=O)/C(C)=C\C=C\[C@@H](C)[C@@H](O)[C@@H](C)[C@H](O)[C@H](C)[C@H](OC(C)=O)[C@@H]1C.O=C(O)c1cn(C2CC2)c2cc(N3CCNCC3)c(F)cc2c1=O. The average molecular weight is 2090 g/mol. The van der Waals surface area contributed by atoms with E-state index in [2.05, 4.69) is 31.3 Å². The molecule has 8 aliphatic heterocycles. The smallest absolute Gasteiger partial charge is 0.341 e. The number of ether oxygens (including phenoxy) is 10. The Labute approximate surface area is 867 Å². The van der Waals surface area contributed by atoms with Gasteiger partial charge in [0.05, 0.1) is 125 Å². The van der Waals surface area contributed by atoms with Crippen molar-refractivity contribution in [3.05, 3.63) is 92.8 Å². The zero-order valence-corrected chi connectivity index (χ0v) is 90.7. The molecular weight excluding hydrogens is 1920 g/mol. The molecule has 29 atom stereocenters. The van der Waals surface area contributed by atoms with Gasteiger partial charge in [0.2, 0.25) is 5.43 Å². The molecule has 1 aromatic heterocycles. The fraction of sp³-hybridized carbons (Fsp3) is 0.701. The van der Waals surface area contributed by atoms with E-state index in [1.54, 1.807) is 92.5 Å². The first-order chi connectivity index (χ1) is 69.5. The highest BCUT2D eigenvalue weighted by Crippen LogP contribution is 2.56. The summed E-state index contributed by atoms with van der Waals surface area (Å²) in [6.45, 7) is 40.5. The van der Waals surface area contributed by atoms with Crippen molar-refractivity contribution in [1.29, 1.82) is 0 Å². The highest BCUT2D eigenvalue weighted by Gasteiger charge is 2.56. The number of carbonyl (C=O) groups is 6. The van der Waals surface area contributed by atoms with E-state index in [0.29, 0.717) is 43.8 Å². The molecule has 1 saturated carbocycles. The number of aliphatic hydroxyl groups is 9. The number of carboxylic acid groups (broad SMARTS) is 1. The van der Waals surface area contributed by atoms with Crippen molar-refractivity contribution in [2.75, 3.05) is 124 Å². The van der Waals surface area contributed by atoms with Crippen LogP contribution in [0.5, 0.6) is 23.0 Å². The van der Waals surface area contributed by atoms with Crippen LogP contribution >= 0.6 is 0 Å². The van der Waals surface area contributed by atoms with Gasteiger partial charge in [0.25, 0.3) is 11.7 Å². The maximum Gasteiger partial charge on any atom is 0.341 e. The van der Waals surface area contributed by atoms with E-state index in [1.165, 1.54) is 99.6 Å². The summed E-state index contributed by atoms with van der Waals surface area (Å²) < 4.78 is 77.1. The highest BCUT2D eigenvalue weighted by atomic mass is 19.1. The second kappa shape index (κ2) is 53.0. The first-order valence-electron chi connectivity index (χ1n) is 51.9. The zero-order chi connectivity index (χ0) is 110. The number of pyridine rings is 1. The van der Waals surface area contributed by atoms with Crippen molar-refractivity contribution in [3.63, 3.8) is 0 Å². The number of aromatic nitrogens is 1. The Balaban J connectivity index is 0.000000245. The molecule has 1 amide bonds. The number of cyclic esters (lactones) is 1. The number of aromatic carboxylic acids is 1. The minimum absolute atomic E-state index is 0.0559. The minimum Gasteiger partial charge on any atom is -0.507 e. The van der Waals surface area contributed by atoms with Gasteiger partial charge in [-0.25, -0.2) is 9.18 Å². The largest absolute Gasteiger partial charge is 0.507 e. The monoisotopic (exact) mass is 2090 g/mol. The van der Waals surface area contributed by atoms with Gasteiger partial charge in [-0.05, 0) is 140 Å². The first-order valence-corrected chi connectivity index (χ1v) is 51.9. The molecule has 41 heteroatoms. The second-order valence-corrected chi connectivity index (χ2v) is 42.4. The van der Waals surface area contributed by atoms with Crippen molar-refractivity contribution in [1.82, 2.24) is 35.3 Å². The van der Waals surface area contributed by atoms with Gasteiger partial charge in [0, 0.05) is 194 Å². The van der Waals surface area contributed by atoms with Crippen molar-refractivity contribution >= 4 is 74.6 Å². The van der Waals surface area contributed by atoms with Crippen LogP contribution in [0, 0.1) is 60.1 Å². The molecule has 5 bridgehead atoms. The molecule has 13 rings (SSSR count). The van der Waals surface area contributed by atoms with E-state index in [4.69, 9.17) is 57.6 Å². The van der Waals surface area contributed by atoms with Crippen LogP contribution in [0.15, 0.2) is 64.4 Å². The van der Waals surface area contributed by atoms with Gasteiger partial charge in [-0.3, -0.25) is 33.8 Å². The van der Waals surface area contributed by atoms with Crippen LogP contribution in [0.1, 0.15) is 221 Å². The number of fused-ring (bicyclic) bond motifs is 15. The maximum absolute atomic E-state index is 14.6. The number of benzene rings is 3. The van der Waals surface area contributed by atoms with Gasteiger partial charge in [-0.2, -0.15) is 5.10 Å². The molecule has 4 aromatic rings. The lowest BCUT2D eigenvalue weighted by Crippen LogP contribution is -2.61. The Bertz CT molecular complexity index is 5330. The quantitative estimate of drug-likeness (QED) is 0.0113. The molecule has 0 radical (unpaired) electrons. The number of Topliss-reactive ketones (excluding diaryl/α,β-unsaturated/α-hetero) is 2. The molecule has 6 fully saturated rings. The summed E-state index contributed by atoms with van der Waals surface area (Å²) >= 11 is 0. The number of anilines is 2. The van der Waals surface area contributed by atoms with Gasteiger partial charge >= 0.3 is 23.7 Å². The molecule has 3 aromatic carbocycles. The number of esters is 2. The number of aromatic hydroxyl groups is 3. The fourth-order valence-electron chi connectivity index (χ4n) is 20.9. The highest BCUT2D eigenvalue weighted by molar-refractivity contribution is 6.24. The predicted molar refractivity (Wildman–Crippen MR) is 554 cm³/mol. The Morgan fingerprint density at radius 3 is 1.93 bits per heavy atom. The van der Waals surface area contributed by atoms with E-state index >= 15 is 0 Å². The number of ketones is 2. The number of hydrogen-bond donors (Lipinski definition) is 17. The molecule has 8 unspecified atom stereocenters. The lowest BCUT2D eigenvalue weighted by molar-refractivity contribution is -0.318. The third-order valence-corrected chi connectivity index (χ3v) is 30.8. The van der Waals surface area contributed by atoms with Crippen LogP contribution in [-0.2, 0) is 61.8 Å². The molecule has 17 N–H and O–H groups in total. The van der Waals surface area contributed by atoms with Crippen LogP contribution in [-0.4, -0.2) is 368 Å². The summed E-state index contributed by atoms with van der Waals surface area (Å²) in [7, 11) is 8.60. The number of phenolic OH excluding ortho intramolecular Hbond substituents is 3. The average Bonchev–Trinajstić information content (AvgIpc) is 1.53. The summed E-state index contributed by atoms with van der Waals surface area (Å²) in [5.74, 6) is -15.1. The number of allylic oxidation sites excluding steroid dienone is 2. The van der Waals surface area contributed by atoms with E-state index < -0.39 is 214 Å². The third-order valence-electron chi connectivity index (χ3n) is 30.8. The number of rotatable bonds is 23. The standard InChI is InChI=1S/C43H58N4O12.C37H67NO13.C17H18FN3O3.C10H24N2O2/c1-21-12-11-13-22(2)42(55)45-33-28(20-44-47-17-15-46(9)16-18-47)37(52)30-31(38(33)53)36(51)26(6)40-32(30)41(54)43(8,59-40)57-19-14-29(56-10)23(3)39(58-27(7)48)25(5)35(50)24(4)34(21)49;1-14-25-37(10,45)30(41)20(4)27(39)18(2)16-35(8,44)32(51-34-28(40)24(38(11)12)15-19(3)47-34)21(5)29(22(6)33(43)49-25)50-26-17-36(9,46-13)31(42)23(7)48-26;18-13-7-11-14(8-15(13)20-5-3-19-4-6-20)21(10-1-2-10)9-12(16(11)22)17(23)24;1-3-9(7-13)11-5-6-12-10(4-2)8-14/h11-14,19-21,23-25,29,34-35,39,49-53H,15-18H2,1-10H3,(H,45,55);18-26,28-32,34,40-42,44-45H,14-17H2,1-13H3;7-10,19H,1-6H2,(H,23,24);9-14H,3-8H2,1-2H3/b12-11+,19-14+,22-13-,44-20-;;;/t21-,23-,24-,25+,29+,34-,35+,39-,43+;18-,19?,20+,21+,22-,23?,24?,25-,26?,28?,29+,30-,31?,32-,34?,35-,36?,37-;;9-,10-/m11.0/s1. The Morgan fingerprint density at radius 2 is 1.36 bits per heavy atom. The van der Waals surface area contributed by atoms with Crippen LogP contribution in [0.2, 0.25) is 0 Å². The molecule has 5 saturated heterocycles. The molecule has 40 nitrogen and oxygen atoms in total. The number of hydrogen-bond acceptors (Lipinski definition) is 37. The summed E-state index contributed by atoms with van der Waals surface area (Å²) in [5, 5.41) is 161. The van der Waals surface area contributed by atoms with Gasteiger partial charge in [-0.15, -0.1) is 0 Å². The van der Waals surface area contributed by atoms with Crippen LogP contribution in [0.4, 0.5) is 15.8 Å². The summed E-state index contributed by atoms with van der Waals surface area (Å²) in [6.07, 6.45) is 0.320. The van der Waals surface area contributed by atoms with Crippen molar-refractivity contribution < 1.29 is 147 Å². The van der Waals surface area contributed by atoms with Gasteiger partial charge < -0.3 is 154 Å². The number of likely N-dealkylation sites (N-methyl/N-ethyl adjacent to an activating group) is 2. The lowest BCUT2D eigenvalue weighted by atomic mass is 9.74. The number of halogens is 1. The van der Waals surface area contributed by atoms with Crippen molar-refractivity contribution in [2.45, 2.75) is 322 Å². The topological polar surface area (TPSA) is 553 Å². The molecular formula is C107H167FN10O30. The molecule has 9 heterocycles. The molecule has 148 heavy (non-hydrogen) atoms. The lowest BCUT2D eigenvalue weighted by Gasteiger charge is -2.49. The number of aliphatic hydroxyl groups excluding tert-OH is 7. The molecule has 9 aliphatic rings. The Morgan fingerprint density at radius 1 is 0.743 bits per heavy atom. The summed E-state index contributed by atoms with van der Waals surface area (Å²) in [5.41, 5.74) is -5.03.